The third-order valence-electron chi connectivity index (χ3n) is 0.821. The monoisotopic (exact) mass is 170 g/mol. The maximum Gasteiger partial charge on any atom is 0.500 e. The van der Waals surface area contributed by atoms with Crippen LogP contribution in [0.2, 0.25) is 0 Å². The second kappa shape index (κ2) is 2.30. The van der Waals surface area contributed by atoms with Gasteiger partial charge in [-0.3, -0.25) is 0 Å². The molecule has 0 amide bonds. The average Bonchev–Trinajstić information content (AvgIpc) is 2.11. The largest absolute Gasteiger partial charge is 0.500 e. The highest BCUT2D eigenvalue weighted by atomic mass is 35.5. The average molecular weight is 171 g/mol. The minimum Gasteiger partial charge on any atom is -0.197 e. The van der Waals surface area contributed by atoms with Crippen LogP contribution in [0.15, 0.2) is 5.10 Å². The van der Waals surface area contributed by atoms with Gasteiger partial charge in [-0.2, -0.15) is 10.1 Å². The zero-order valence-corrected chi connectivity index (χ0v) is 5.32. The summed E-state index contributed by atoms with van der Waals surface area (Å²) in [5, 5.41) is 1.81. The molecule has 1 unspecified atom stereocenters. The lowest BCUT2D eigenvalue weighted by Gasteiger charge is -2.15. The summed E-state index contributed by atoms with van der Waals surface area (Å²) >= 11 is 5.21. The molecule has 1 rings (SSSR count). The van der Waals surface area contributed by atoms with E-state index >= 15 is 0 Å². The lowest BCUT2D eigenvalue weighted by Crippen LogP contribution is -2.29. The Labute approximate surface area is 60.3 Å². The van der Waals surface area contributed by atoms with Crippen molar-refractivity contribution < 1.29 is 13.2 Å². The Morgan fingerprint density at radius 1 is 1.60 bits per heavy atom. The molecule has 1 aliphatic rings. The predicted molar refractivity (Wildman–Crippen MR) is 29.3 cm³/mol. The summed E-state index contributed by atoms with van der Waals surface area (Å²) in [5.74, 6) is 0. The maximum absolute atomic E-state index is 11.6. The predicted octanol–water partition coefficient (Wildman–Crippen LogP) is 1.45. The first kappa shape index (κ1) is 7.65. The van der Waals surface area contributed by atoms with Crippen molar-refractivity contribution in [2.75, 3.05) is 0 Å². The fourth-order valence-corrected chi connectivity index (χ4v) is 0.600. The van der Waals surface area contributed by atoms with E-state index in [0.29, 0.717) is 0 Å². The maximum atomic E-state index is 11.6. The van der Waals surface area contributed by atoms with Crippen molar-refractivity contribution in [2.45, 2.75) is 11.7 Å². The van der Waals surface area contributed by atoms with Crippen molar-refractivity contribution in [3.63, 3.8) is 0 Å². The van der Waals surface area contributed by atoms with E-state index in [1.165, 1.54) is 0 Å². The Balaban J connectivity index is 2.55. The summed E-state index contributed by atoms with van der Waals surface area (Å²) < 4.78 is 34.9. The topological polar surface area (TPSA) is 15.6 Å². The first-order chi connectivity index (χ1) is 4.50. The van der Waals surface area contributed by atoms with Crippen LogP contribution in [0.1, 0.15) is 0 Å². The van der Waals surface area contributed by atoms with Gasteiger partial charge < -0.3 is 0 Å². The van der Waals surface area contributed by atoms with Crippen LogP contribution in [0.4, 0.5) is 13.2 Å². The molecule has 0 bridgehead atoms. The lowest BCUT2D eigenvalue weighted by atomic mass is 10.5. The molecule has 0 N–H and O–H groups in total. The quantitative estimate of drug-likeness (QED) is 0.397. The molecule has 0 aromatic heterocycles. The molecule has 1 aliphatic heterocycles. The van der Waals surface area contributed by atoms with Gasteiger partial charge in [-0.25, -0.2) is 0 Å². The SMILES string of the molecule is FC(F)(F)N1[CH]C(Cl)[C]=N1. The molecule has 0 saturated heterocycles. The summed E-state index contributed by atoms with van der Waals surface area (Å²) in [6.07, 6.45) is -2.46. The van der Waals surface area contributed by atoms with Crippen molar-refractivity contribution in [1.29, 1.82) is 0 Å². The minimum atomic E-state index is -4.48. The molecule has 2 nitrogen and oxygen atoms in total. The molecular formula is C4H2ClF3N2. The van der Waals surface area contributed by atoms with E-state index in [-0.39, 0.29) is 5.01 Å². The number of hydrazone groups is 1. The third kappa shape index (κ3) is 1.53. The molecular weight excluding hydrogens is 169 g/mol. The highest BCUT2D eigenvalue weighted by Gasteiger charge is 2.40. The van der Waals surface area contributed by atoms with Crippen molar-refractivity contribution in [3.8, 4) is 0 Å². The first-order valence-electron chi connectivity index (χ1n) is 2.31. The standard InChI is InChI=1S/C4H2ClF3N2/c5-3-1-9-10(2-3)4(6,7)8/h2-3H. The smallest absolute Gasteiger partial charge is 0.197 e. The van der Waals surface area contributed by atoms with Crippen LogP contribution in [0.25, 0.3) is 0 Å². The molecule has 0 aromatic carbocycles. The Hall–Kier alpha value is -0.450. The van der Waals surface area contributed by atoms with Gasteiger partial charge in [0.2, 0.25) is 0 Å². The van der Waals surface area contributed by atoms with E-state index in [1.807, 2.05) is 6.21 Å². The fraction of sp³-hybridized carbons (Fsp3) is 0.500. The van der Waals surface area contributed by atoms with E-state index in [4.69, 9.17) is 11.6 Å². The van der Waals surface area contributed by atoms with Crippen molar-refractivity contribution >= 4 is 17.8 Å². The van der Waals surface area contributed by atoms with E-state index < -0.39 is 11.7 Å². The Morgan fingerprint density at radius 2 is 2.20 bits per heavy atom. The van der Waals surface area contributed by atoms with Crippen LogP contribution < -0.4 is 0 Å². The van der Waals surface area contributed by atoms with Gasteiger partial charge in [0, 0.05) is 0 Å². The lowest BCUT2D eigenvalue weighted by molar-refractivity contribution is -0.232. The van der Waals surface area contributed by atoms with Crippen molar-refractivity contribution in [1.82, 2.24) is 5.01 Å². The van der Waals surface area contributed by atoms with Crippen molar-refractivity contribution in [3.05, 3.63) is 6.54 Å². The molecule has 0 aliphatic carbocycles. The summed E-state index contributed by atoms with van der Waals surface area (Å²) in [5.41, 5.74) is 0. The van der Waals surface area contributed by atoms with Gasteiger partial charge in [0.1, 0.15) is 18.1 Å². The zero-order chi connectivity index (χ0) is 7.78. The van der Waals surface area contributed by atoms with Crippen molar-refractivity contribution in [2.24, 2.45) is 5.10 Å². The van der Waals surface area contributed by atoms with Gasteiger partial charge in [0.25, 0.3) is 0 Å². The Kier molecular flexibility index (Phi) is 1.76. The number of hydrogen-bond donors (Lipinski definition) is 0. The summed E-state index contributed by atoms with van der Waals surface area (Å²) in [6.45, 7) is 0.724. The van der Waals surface area contributed by atoms with E-state index in [9.17, 15) is 13.2 Å². The van der Waals surface area contributed by atoms with E-state index in [1.54, 1.807) is 0 Å². The number of halogens is 4. The molecule has 0 spiro atoms. The van der Waals surface area contributed by atoms with Crippen LogP contribution >= 0.6 is 11.6 Å². The molecule has 1 heterocycles. The number of rotatable bonds is 0. The highest BCUT2D eigenvalue weighted by Crippen LogP contribution is 2.27. The van der Waals surface area contributed by atoms with E-state index in [0.717, 1.165) is 6.54 Å². The second-order valence-electron chi connectivity index (χ2n) is 1.59. The molecule has 1 atom stereocenters. The van der Waals surface area contributed by atoms with Crippen LogP contribution in [-0.4, -0.2) is 22.9 Å². The minimum absolute atomic E-state index is 0.176. The van der Waals surface area contributed by atoms with E-state index in [2.05, 4.69) is 5.10 Å². The van der Waals surface area contributed by atoms with Gasteiger partial charge in [-0.05, 0) is 0 Å². The van der Waals surface area contributed by atoms with Crippen LogP contribution in [0.3, 0.4) is 0 Å². The molecule has 6 heteroatoms. The number of nitrogens with zero attached hydrogens (tertiary/aromatic N) is 2. The Bertz CT molecular complexity index is 155. The molecule has 10 heavy (non-hydrogen) atoms. The molecule has 56 valence electrons. The number of hydrogen-bond acceptors (Lipinski definition) is 2. The fourth-order valence-electron chi connectivity index (χ4n) is 0.449. The third-order valence-corrected chi connectivity index (χ3v) is 1.03. The van der Waals surface area contributed by atoms with Gasteiger partial charge in [-0.1, -0.05) is 0 Å². The second-order valence-corrected chi connectivity index (χ2v) is 2.06. The molecule has 2 radical (unpaired) electrons. The first-order valence-corrected chi connectivity index (χ1v) is 2.75. The number of alkyl halides is 4. The van der Waals surface area contributed by atoms with Gasteiger partial charge in [0.05, 0.1) is 0 Å². The summed E-state index contributed by atoms with van der Waals surface area (Å²) in [6, 6.07) is 0. The summed E-state index contributed by atoms with van der Waals surface area (Å²) in [7, 11) is 0. The molecule has 0 saturated carbocycles. The van der Waals surface area contributed by atoms with Crippen LogP contribution in [0.5, 0.6) is 0 Å². The zero-order valence-electron chi connectivity index (χ0n) is 4.56. The summed E-state index contributed by atoms with van der Waals surface area (Å²) in [4.78, 5) is 0. The van der Waals surface area contributed by atoms with Gasteiger partial charge in [-0.15, -0.1) is 24.8 Å². The van der Waals surface area contributed by atoms with Crippen LogP contribution in [-0.2, 0) is 0 Å². The molecule has 0 fully saturated rings. The van der Waals surface area contributed by atoms with Gasteiger partial charge in [0.15, 0.2) is 0 Å². The van der Waals surface area contributed by atoms with Crippen LogP contribution in [0, 0.1) is 6.54 Å². The van der Waals surface area contributed by atoms with Gasteiger partial charge >= 0.3 is 6.30 Å². The normalized spacial score (nSPS) is 26.0. The highest BCUT2D eigenvalue weighted by molar-refractivity contribution is 6.29. The Morgan fingerprint density at radius 3 is 2.40 bits per heavy atom. The molecule has 0 aromatic rings.